The van der Waals surface area contributed by atoms with Crippen molar-refractivity contribution < 1.29 is 4.74 Å². The fourth-order valence-corrected chi connectivity index (χ4v) is 1.43. The Morgan fingerprint density at radius 1 is 1.28 bits per heavy atom. The fraction of sp³-hybridized carbons (Fsp3) is 0.455. The molecular weight excluding hydrogens is 232 g/mol. The summed E-state index contributed by atoms with van der Waals surface area (Å²) in [6.45, 7) is 6.42. The summed E-state index contributed by atoms with van der Waals surface area (Å²) in [5.41, 5.74) is 7.53. The molecule has 2 N–H and O–H groups in total. The molecule has 0 atom stereocenters. The molecule has 0 saturated heterocycles. The maximum Gasteiger partial charge on any atom is 0.323 e. The fourth-order valence-electron chi connectivity index (χ4n) is 1.43. The Morgan fingerprint density at radius 3 is 2.67 bits per heavy atom. The molecule has 0 aliphatic rings. The van der Waals surface area contributed by atoms with Gasteiger partial charge < -0.3 is 10.5 Å². The van der Waals surface area contributed by atoms with E-state index < -0.39 is 0 Å². The zero-order chi connectivity index (χ0) is 13.1. The second-order valence-electron chi connectivity index (χ2n) is 3.91. The Morgan fingerprint density at radius 2 is 2.06 bits per heavy atom. The smallest absolute Gasteiger partial charge is 0.323 e. The van der Waals surface area contributed by atoms with Crippen molar-refractivity contribution in [1.29, 1.82) is 0 Å². The summed E-state index contributed by atoms with van der Waals surface area (Å²) >= 11 is 0. The molecule has 2 aromatic rings. The molecule has 0 amide bonds. The molecule has 0 fully saturated rings. The molecule has 0 aliphatic heterocycles. The van der Waals surface area contributed by atoms with Gasteiger partial charge in [-0.1, -0.05) is 6.92 Å². The van der Waals surface area contributed by atoms with Crippen LogP contribution in [0, 0.1) is 13.8 Å². The van der Waals surface area contributed by atoms with Gasteiger partial charge in [-0.2, -0.15) is 15.0 Å². The molecule has 0 unspecified atom stereocenters. The summed E-state index contributed by atoms with van der Waals surface area (Å²) in [4.78, 5) is 16.4. The standard InChI is InChI=1S/C11H16N6O/c1-4-5-18-11-15-9(12)14-10(16-11)17-6-13-7(2)8(17)3/h6H,4-5H2,1-3H3,(H2,12,14,15,16). The van der Waals surface area contributed by atoms with Crippen LogP contribution >= 0.6 is 0 Å². The van der Waals surface area contributed by atoms with E-state index in [1.807, 2.05) is 20.8 Å². The zero-order valence-electron chi connectivity index (χ0n) is 10.7. The molecule has 0 bridgehead atoms. The van der Waals surface area contributed by atoms with Gasteiger partial charge in [-0.3, -0.25) is 4.57 Å². The normalized spacial score (nSPS) is 10.6. The minimum absolute atomic E-state index is 0.136. The third-order valence-electron chi connectivity index (χ3n) is 2.52. The number of rotatable bonds is 4. The van der Waals surface area contributed by atoms with E-state index in [0.29, 0.717) is 12.6 Å². The lowest BCUT2D eigenvalue weighted by Crippen LogP contribution is -2.09. The van der Waals surface area contributed by atoms with Crippen LogP contribution in [0.5, 0.6) is 6.01 Å². The van der Waals surface area contributed by atoms with Crippen LogP contribution in [0.25, 0.3) is 5.95 Å². The van der Waals surface area contributed by atoms with Gasteiger partial charge in [0.15, 0.2) is 0 Å². The van der Waals surface area contributed by atoms with E-state index in [-0.39, 0.29) is 12.0 Å². The van der Waals surface area contributed by atoms with Crippen LogP contribution in [0.3, 0.4) is 0 Å². The maximum absolute atomic E-state index is 5.65. The highest BCUT2D eigenvalue weighted by atomic mass is 16.5. The minimum Gasteiger partial charge on any atom is -0.463 e. The number of imidazole rings is 1. The number of nitrogens with two attached hydrogens (primary N) is 1. The first-order valence-electron chi connectivity index (χ1n) is 5.77. The Bertz CT molecular complexity index is 550. The minimum atomic E-state index is 0.136. The number of nitrogen functional groups attached to an aromatic ring is 1. The first-order valence-corrected chi connectivity index (χ1v) is 5.77. The molecule has 2 rings (SSSR count). The van der Waals surface area contributed by atoms with Crippen LogP contribution < -0.4 is 10.5 Å². The van der Waals surface area contributed by atoms with Crippen molar-refractivity contribution in [3.63, 3.8) is 0 Å². The quantitative estimate of drug-likeness (QED) is 0.869. The van der Waals surface area contributed by atoms with E-state index in [0.717, 1.165) is 17.8 Å². The van der Waals surface area contributed by atoms with E-state index >= 15 is 0 Å². The van der Waals surface area contributed by atoms with Gasteiger partial charge in [0.1, 0.15) is 6.33 Å². The molecule has 0 radical (unpaired) electrons. The second kappa shape index (κ2) is 4.99. The van der Waals surface area contributed by atoms with Crippen molar-refractivity contribution in [3.8, 4) is 12.0 Å². The molecule has 0 spiro atoms. The summed E-state index contributed by atoms with van der Waals surface area (Å²) in [5, 5.41) is 0. The average molecular weight is 248 g/mol. The highest BCUT2D eigenvalue weighted by Crippen LogP contribution is 2.13. The van der Waals surface area contributed by atoms with E-state index in [4.69, 9.17) is 10.5 Å². The number of hydrogen-bond donors (Lipinski definition) is 1. The Kier molecular flexibility index (Phi) is 3.40. The molecule has 0 saturated carbocycles. The summed E-state index contributed by atoms with van der Waals surface area (Å²) < 4.78 is 7.12. The summed E-state index contributed by atoms with van der Waals surface area (Å²) in [5.74, 6) is 0.559. The van der Waals surface area contributed by atoms with Gasteiger partial charge in [-0.05, 0) is 20.3 Å². The van der Waals surface area contributed by atoms with Crippen molar-refractivity contribution in [2.45, 2.75) is 27.2 Å². The van der Waals surface area contributed by atoms with Crippen molar-refractivity contribution in [2.24, 2.45) is 0 Å². The molecular formula is C11H16N6O. The maximum atomic E-state index is 5.65. The zero-order valence-corrected chi connectivity index (χ0v) is 10.7. The number of aryl methyl sites for hydroxylation is 1. The van der Waals surface area contributed by atoms with Crippen LogP contribution in [0.2, 0.25) is 0 Å². The lowest BCUT2D eigenvalue weighted by Gasteiger charge is -2.07. The molecule has 18 heavy (non-hydrogen) atoms. The number of nitrogens with zero attached hydrogens (tertiary/aromatic N) is 5. The summed E-state index contributed by atoms with van der Waals surface area (Å²) in [7, 11) is 0. The Balaban J connectivity index is 2.38. The predicted octanol–water partition coefficient (Wildman–Crippen LogP) is 1.05. The van der Waals surface area contributed by atoms with E-state index in [2.05, 4.69) is 19.9 Å². The van der Waals surface area contributed by atoms with Gasteiger partial charge in [0, 0.05) is 5.69 Å². The summed E-state index contributed by atoms with van der Waals surface area (Å²) in [6.07, 6.45) is 2.53. The molecule has 96 valence electrons. The van der Waals surface area contributed by atoms with Crippen molar-refractivity contribution in [1.82, 2.24) is 24.5 Å². The highest BCUT2D eigenvalue weighted by molar-refractivity contribution is 5.28. The first-order chi connectivity index (χ1) is 8.61. The Hall–Kier alpha value is -2.18. The van der Waals surface area contributed by atoms with Crippen LogP contribution in [0.15, 0.2) is 6.33 Å². The van der Waals surface area contributed by atoms with E-state index in [9.17, 15) is 0 Å². The second-order valence-corrected chi connectivity index (χ2v) is 3.91. The lowest BCUT2D eigenvalue weighted by atomic mass is 10.4. The molecule has 0 aromatic carbocycles. The van der Waals surface area contributed by atoms with Crippen LogP contribution in [0.1, 0.15) is 24.7 Å². The SMILES string of the molecule is CCCOc1nc(N)nc(-n2cnc(C)c2C)n1. The van der Waals surface area contributed by atoms with Gasteiger partial charge in [-0.15, -0.1) is 0 Å². The first kappa shape index (κ1) is 12.3. The number of hydrogen-bond acceptors (Lipinski definition) is 6. The summed E-state index contributed by atoms with van der Waals surface area (Å²) in [6, 6.07) is 0.241. The number of anilines is 1. The largest absolute Gasteiger partial charge is 0.463 e. The molecule has 7 nitrogen and oxygen atoms in total. The third kappa shape index (κ3) is 2.39. The highest BCUT2D eigenvalue weighted by Gasteiger charge is 2.10. The predicted molar refractivity (Wildman–Crippen MR) is 66.6 cm³/mol. The molecule has 7 heteroatoms. The van der Waals surface area contributed by atoms with E-state index in [1.165, 1.54) is 0 Å². The van der Waals surface area contributed by atoms with Crippen molar-refractivity contribution >= 4 is 5.95 Å². The lowest BCUT2D eigenvalue weighted by molar-refractivity contribution is 0.291. The van der Waals surface area contributed by atoms with Gasteiger partial charge in [-0.25, -0.2) is 4.98 Å². The average Bonchev–Trinajstić information content (AvgIpc) is 2.67. The monoisotopic (exact) mass is 248 g/mol. The van der Waals surface area contributed by atoms with Crippen LogP contribution in [-0.2, 0) is 0 Å². The number of aromatic nitrogens is 5. The van der Waals surface area contributed by atoms with Crippen molar-refractivity contribution in [2.75, 3.05) is 12.3 Å². The third-order valence-corrected chi connectivity index (χ3v) is 2.52. The van der Waals surface area contributed by atoms with Gasteiger partial charge in [0.2, 0.25) is 11.9 Å². The van der Waals surface area contributed by atoms with Crippen molar-refractivity contribution in [3.05, 3.63) is 17.7 Å². The number of ether oxygens (including phenoxy) is 1. The van der Waals surface area contributed by atoms with Crippen LogP contribution in [-0.4, -0.2) is 31.1 Å². The van der Waals surface area contributed by atoms with Crippen LogP contribution in [0.4, 0.5) is 5.95 Å². The van der Waals surface area contributed by atoms with Gasteiger partial charge in [0.25, 0.3) is 0 Å². The molecule has 0 aliphatic carbocycles. The molecule has 2 heterocycles. The van der Waals surface area contributed by atoms with Gasteiger partial charge in [0.05, 0.1) is 12.3 Å². The Labute approximate surface area is 105 Å². The molecule has 2 aromatic heterocycles. The van der Waals surface area contributed by atoms with E-state index in [1.54, 1.807) is 10.9 Å². The topological polar surface area (TPSA) is 91.7 Å². The van der Waals surface area contributed by atoms with Gasteiger partial charge >= 0.3 is 6.01 Å².